The number of nitrogens with one attached hydrogen (secondary N) is 1. The first-order chi connectivity index (χ1) is 12.9. The highest BCUT2D eigenvalue weighted by Crippen LogP contribution is 2.34. The number of hydrogen-bond acceptors (Lipinski definition) is 5. The minimum Gasteiger partial charge on any atom is -0.508 e. The SMILES string of the molecule is C[C@@H]1C(=O)Nc2ccc(S(=O)(=O)N3CCN(c4ccc(O)cc4)CC3)cc21. The second-order valence-corrected chi connectivity index (χ2v) is 8.81. The summed E-state index contributed by atoms with van der Waals surface area (Å²) in [6.07, 6.45) is 0. The van der Waals surface area contributed by atoms with Gasteiger partial charge in [0.25, 0.3) is 0 Å². The summed E-state index contributed by atoms with van der Waals surface area (Å²) in [7, 11) is -3.61. The molecule has 142 valence electrons. The Kier molecular flexibility index (Phi) is 4.32. The maximum atomic E-state index is 13.0. The second-order valence-electron chi connectivity index (χ2n) is 6.87. The third kappa shape index (κ3) is 3.15. The van der Waals surface area contributed by atoms with Crippen LogP contribution in [0.25, 0.3) is 0 Å². The Morgan fingerprint density at radius 2 is 1.70 bits per heavy atom. The maximum absolute atomic E-state index is 13.0. The van der Waals surface area contributed by atoms with Gasteiger partial charge < -0.3 is 15.3 Å². The summed E-state index contributed by atoms with van der Waals surface area (Å²) in [6.45, 7) is 3.69. The van der Waals surface area contributed by atoms with Crippen molar-refractivity contribution in [3.05, 3.63) is 48.0 Å². The molecule has 2 aliphatic rings. The molecule has 0 aliphatic carbocycles. The van der Waals surface area contributed by atoms with Gasteiger partial charge in [0, 0.05) is 37.6 Å². The highest BCUT2D eigenvalue weighted by molar-refractivity contribution is 7.89. The third-order valence-electron chi connectivity index (χ3n) is 5.23. The zero-order valence-corrected chi connectivity index (χ0v) is 15.7. The molecule has 4 rings (SSSR count). The van der Waals surface area contributed by atoms with Crippen molar-refractivity contribution in [1.82, 2.24) is 4.31 Å². The number of carbonyl (C=O) groups is 1. The molecule has 1 atom stereocenters. The molecule has 2 N–H and O–H groups in total. The predicted molar refractivity (Wildman–Crippen MR) is 103 cm³/mol. The standard InChI is InChI=1S/C19H21N3O4S/c1-13-17-12-16(6-7-18(17)20-19(13)24)27(25,26)22-10-8-21(9-11-22)14-2-4-15(23)5-3-14/h2-7,12-13,23H,8-11H2,1H3,(H,20,24)/t13-/m0/s1. The van der Waals surface area contributed by atoms with Gasteiger partial charge in [-0.1, -0.05) is 0 Å². The number of piperazine rings is 1. The normalized spacial score (nSPS) is 20.4. The van der Waals surface area contributed by atoms with Crippen molar-refractivity contribution in [3.63, 3.8) is 0 Å². The van der Waals surface area contributed by atoms with Crippen molar-refractivity contribution in [2.24, 2.45) is 0 Å². The first kappa shape index (κ1) is 17.8. The number of amides is 1. The lowest BCUT2D eigenvalue weighted by atomic mass is 10.0. The van der Waals surface area contributed by atoms with Crippen LogP contribution < -0.4 is 10.2 Å². The van der Waals surface area contributed by atoms with Gasteiger partial charge in [0.15, 0.2) is 0 Å². The second kappa shape index (κ2) is 6.54. The monoisotopic (exact) mass is 387 g/mol. The highest BCUT2D eigenvalue weighted by atomic mass is 32.2. The molecule has 0 spiro atoms. The number of fused-ring (bicyclic) bond motifs is 1. The number of rotatable bonds is 3. The Hall–Kier alpha value is -2.58. The molecule has 2 aromatic carbocycles. The molecule has 0 bridgehead atoms. The van der Waals surface area contributed by atoms with Crippen LogP contribution in [0, 0.1) is 0 Å². The molecule has 1 amide bonds. The average Bonchev–Trinajstić information content (AvgIpc) is 2.96. The van der Waals surface area contributed by atoms with Crippen molar-refractivity contribution in [2.45, 2.75) is 17.7 Å². The van der Waals surface area contributed by atoms with E-state index in [1.54, 1.807) is 37.3 Å². The number of carbonyl (C=O) groups excluding carboxylic acids is 1. The molecule has 0 unspecified atom stereocenters. The number of phenols is 1. The van der Waals surface area contributed by atoms with Crippen LogP contribution in [0.1, 0.15) is 18.4 Å². The van der Waals surface area contributed by atoms with E-state index in [0.29, 0.717) is 31.9 Å². The van der Waals surface area contributed by atoms with Gasteiger partial charge in [0.1, 0.15) is 5.75 Å². The van der Waals surface area contributed by atoms with Crippen molar-refractivity contribution in [2.75, 3.05) is 36.4 Å². The van der Waals surface area contributed by atoms with Crippen molar-refractivity contribution in [3.8, 4) is 5.75 Å². The molecule has 0 saturated carbocycles. The fourth-order valence-electron chi connectivity index (χ4n) is 3.55. The molecule has 7 nitrogen and oxygen atoms in total. The largest absolute Gasteiger partial charge is 0.508 e. The summed E-state index contributed by atoms with van der Waals surface area (Å²) in [4.78, 5) is 14.1. The van der Waals surface area contributed by atoms with E-state index in [9.17, 15) is 18.3 Å². The predicted octanol–water partition coefficient (Wildman–Crippen LogP) is 1.96. The van der Waals surface area contributed by atoms with E-state index in [4.69, 9.17) is 0 Å². The van der Waals surface area contributed by atoms with Gasteiger partial charge in [-0.3, -0.25) is 4.79 Å². The molecule has 27 heavy (non-hydrogen) atoms. The van der Waals surface area contributed by atoms with Gasteiger partial charge in [-0.15, -0.1) is 0 Å². The fraction of sp³-hybridized carbons (Fsp3) is 0.316. The van der Waals surface area contributed by atoms with Gasteiger partial charge in [-0.2, -0.15) is 4.31 Å². The van der Waals surface area contributed by atoms with E-state index in [1.165, 1.54) is 4.31 Å². The number of nitrogens with zero attached hydrogens (tertiary/aromatic N) is 2. The van der Waals surface area contributed by atoms with Crippen LogP contribution in [0.4, 0.5) is 11.4 Å². The van der Waals surface area contributed by atoms with E-state index in [2.05, 4.69) is 10.2 Å². The van der Waals surface area contributed by atoms with Crippen LogP contribution in [-0.4, -0.2) is 49.9 Å². The molecule has 1 saturated heterocycles. The summed E-state index contributed by atoms with van der Waals surface area (Å²) < 4.78 is 27.6. The lowest BCUT2D eigenvalue weighted by Gasteiger charge is -2.35. The van der Waals surface area contributed by atoms with Crippen LogP contribution in [0.5, 0.6) is 5.75 Å². The highest BCUT2D eigenvalue weighted by Gasteiger charge is 2.32. The van der Waals surface area contributed by atoms with E-state index in [0.717, 1.165) is 11.3 Å². The van der Waals surface area contributed by atoms with Crippen LogP contribution in [0.3, 0.4) is 0 Å². The van der Waals surface area contributed by atoms with Gasteiger partial charge in [0.2, 0.25) is 15.9 Å². The summed E-state index contributed by atoms with van der Waals surface area (Å²) in [5.74, 6) is -0.248. The van der Waals surface area contributed by atoms with Crippen LogP contribution in [0.15, 0.2) is 47.4 Å². The molecule has 2 aromatic rings. The number of benzene rings is 2. The van der Waals surface area contributed by atoms with Gasteiger partial charge in [-0.05, 0) is 55.0 Å². The Balaban J connectivity index is 1.51. The molecule has 0 radical (unpaired) electrons. The van der Waals surface area contributed by atoms with Crippen molar-refractivity contribution in [1.29, 1.82) is 0 Å². The Labute approximate surface area is 158 Å². The topological polar surface area (TPSA) is 90.0 Å². The van der Waals surface area contributed by atoms with Crippen molar-refractivity contribution < 1.29 is 18.3 Å². The minimum absolute atomic E-state index is 0.109. The van der Waals surface area contributed by atoms with E-state index >= 15 is 0 Å². The van der Waals surface area contributed by atoms with E-state index < -0.39 is 10.0 Å². The smallest absolute Gasteiger partial charge is 0.243 e. The summed E-state index contributed by atoms with van der Waals surface area (Å²) in [6, 6.07) is 11.7. The third-order valence-corrected chi connectivity index (χ3v) is 7.13. The average molecular weight is 387 g/mol. The maximum Gasteiger partial charge on any atom is 0.243 e. The van der Waals surface area contributed by atoms with Crippen LogP contribution in [-0.2, 0) is 14.8 Å². The van der Waals surface area contributed by atoms with E-state index in [-0.39, 0.29) is 22.5 Å². The Bertz CT molecular complexity index is 981. The first-order valence-corrected chi connectivity index (χ1v) is 10.3. The summed E-state index contributed by atoms with van der Waals surface area (Å²) in [5, 5.41) is 12.2. The number of hydrogen-bond donors (Lipinski definition) is 2. The summed E-state index contributed by atoms with van der Waals surface area (Å²) >= 11 is 0. The Morgan fingerprint density at radius 3 is 2.37 bits per heavy atom. The van der Waals surface area contributed by atoms with Crippen molar-refractivity contribution >= 4 is 27.3 Å². The minimum atomic E-state index is -3.61. The van der Waals surface area contributed by atoms with E-state index in [1.807, 2.05) is 12.1 Å². The summed E-state index contributed by atoms with van der Waals surface area (Å²) in [5.41, 5.74) is 2.37. The quantitative estimate of drug-likeness (QED) is 0.840. The van der Waals surface area contributed by atoms with Gasteiger partial charge in [0.05, 0.1) is 10.8 Å². The molecule has 2 heterocycles. The number of anilines is 2. The fourth-order valence-corrected chi connectivity index (χ4v) is 5.01. The van der Waals surface area contributed by atoms with Crippen LogP contribution in [0.2, 0.25) is 0 Å². The number of sulfonamides is 1. The van der Waals surface area contributed by atoms with Gasteiger partial charge in [-0.25, -0.2) is 8.42 Å². The number of aromatic hydroxyl groups is 1. The molecule has 2 aliphatic heterocycles. The lowest BCUT2D eigenvalue weighted by Crippen LogP contribution is -2.48. The van der Waals surface area contributed by atoms with Gasteiger partial charge >= 0.3 is 0 Å². The molecule has 1 fully saturated rings. The zero-order valence-electron chi connectivity index (χ0n) is 14.9. The van der Waals surface area contributed by atoms with Crippen LogP contribution >= 0.6 is 0 Å². The zero-order chi connectivity index (χ0) is 19.2. The molecule has 0 aromatic heterocycles. The number of phenolic OH excluding ortho intramolecular Hbond substituents is 1. The first-order valence-electron chi connectivity index (χ1n) is 8.85. The molecule has 8 heteroatoms. The Morgan fingerprint density at radius 1 is 1.04 bits per heavy atom. The lowest BCUT2D eigenvalue weighted by molar-refractivity contribution is -0.116. The molecular weight excluding hydrogens is 366 g/mol. The molecular formula is C19H21N3O4S.